The summed E-state index contributed by atoms with van der Waals surface area (Å²) in [4.78, 5) is 2.42. The Kier molecular flexibility index (Phi) is 3.79. The average molecular weight is 291 g/mol. The molecule has 0 unspecified atom stereocenters. The van der Waals surface area contributed by atoms with Crippen LogP contribution in [0.4, 0.5) is 0 Å². The summed E-state index contributed by atoms with van der Waals surface area (Å²) in [6.45, 7) is 2.05. The van der Waals surface area contributed by atoms with E-state index in [-0.39, 0.29) is 6.04 Å². The van der Waals surface area contributed by atoms with E-state index >= 15 is 0 Å². The molecule has 2 aromatic carbocycles. The summed E-state index contributed by atoms with van der Waals surface area (Å²) < 4.78 is 0. The first-order chi connectivity index (χ1) is 9.24. The minimum Gasteiger partial charge on any atom is -0.292 e. The van der Waals surface area contributed by atoms with Crippen molar-refractivity contribution in [3.63, 3.8) is 0 Å². The van der Waals surface area contributed by atoms with Crippen molar-refractivity contribution in [1.82, 2.24) is 4.90 Å². The lowest BCUT2D eigenvalue weighted by atomic mass is 9.94. The first-order valence-electron chi connectivity index (χ1n) is 6.31. The number of likely N-dealkylation sites (tertiary alicyclic amines) is 1. The van der Waals surface area contributed by atoms with Gasteiger partial charge in [-0.15, -0.1) is 0 Å². The van der Waals surface area contributed by atoms with Crippen LogP contribution in [0.3, 0.4) is 0 Å². The standard InChI is InChI=1S/C16H14Cl2N/c17-14-6-2-12(3-7-14)16(19-10-1-11-19)13-4-8-15(18)9-5-13/h1-9,16H,10-11H2. The number of nitrogens with zero attached hydrogens (tertiary/aromatic N) is 1. The maximum atomic E-state index is 5.97. The normalized spacial score (nSPS) is 15.5. The number of hydrogen-bond donors (Lipinski definition) is 0. The smallest absolute Gasteiger partial charge is 0.0602 e. The summed E-state index contributed by atoms with van der Waals surface area (Å²) in [6, 6.07) is 16.5. The minimum atomic E-state index is 0.277. The molecule has 0 N–H and O–H groups in total. The van der Waals surface area contributed by atoms with Crippen LogP contribution in [0.5, 0.6) is 0 Å². The lowest BCUT2D eigenvalue weighted by Crippen LogP contribution is -2.41. The molecular formula is C16H14Cl2N. The predicted octanol–water partition coefficient (Wildman–Crippen LogP) is 4.60. The third-order valence-corrected chi connectivity index (χ3v) is 3.97. The van der Waals surface area contributed by atoms with Gasteiger partial charge in [0.15, 0.2) is 0 Å². The monoisotopic (exact) mass is 290 g/mol. The summed E-state index contributed by atoms with van der Waals surface area (Å²) in [6.07, 6.45) is 2.28. The van der Waals surface area contributed by atoms with Gasteiger partial charge in [0.1, 0.15) is 0 Å². The highest BCUT2D eigenvalue weighted by atomic mass is 35.5. The molecule has 1 aliphatic rings. The molecule has 0 aliphatic carbocycles. The van der Waals surface area contributed by atoms with E-state index in [4.69, 9.17) is 23.2 Å². The fraction of sp³-hybridized carbons (Fsp3) is 0.188. The van der Waals surface area contributed by atoms with E-state index in [1.165, 1.54) is 11.1 Å². The molecule has 1 saturated heterocycles. The Balaban J connectivity index is 1.97. The van der Waals surface area contributed by atoms with Gasteiger partial charge in [-0.05, 0) is 41.8 Å². The van der Waals surface area contributed by atoms with Crippen LogP contribution in [-0.2, 0) is 0 Å². The molecule has 1 nitrogen and oxygen atoms in total. The number of rotatable bonds is 3. The van der Waals surface area contributed by atoms with Crippen molar-refractivity contribution in [1.29, 1.82) is 0 Å². The van der Waals surface area contributed by atoms with Crippen molar-refractivity contribution in [2.24, 2.45) is 0 Å². The van der Waals surface area contributed by atoms with E-state index in [0.29, 0.717) is 0 Å². The summed E-state index contributed by atoms with van der Waals surface area (Å²) in [5, 5.41) is 1.54. The fourth-order valence-electron chi connectivity index (χ4n) is 2.39. The van der Waals surface area contributed by atoms with Gasteiger partial charge >= 0.3 is 0 Å². The van der Waals surface area contributed by atoms with E-state index in [9.17, 15) is 0 Å². The summed E-state index contributed by atoms with van der Waals surface area (Å²) in [7, 11) is 0. The van der Waals surface area contributed by atoms with Gasteiger partial charge in [-0.1, -0.05) is 47.5 Å². The van der Waals surface area contributed by atoms with Crippen molar-refractivity contribution in [2.45, 2.75) is 6.04 Å². The highest BCUT2D eigenvalue weighted by Gasteiger charge is 2.26. The highest BCUT2D eigenvalue weighted by molar-refractivity contribution is 6.30. The molecule has 0 spiro atoms. The molecule has 0 amide bonds. The summed E-state index contributed by atoms with van der Waals surface area (Å²) in [5.74, 6) is 0. The number of halogens is 2. The summed E-state index contributed by atoms with van der Waals surface area (Å²) in [5.41, 5.74) is 2.53. The van der Waals surface area contributed by atoms with Gasteiger partial charge < -0.3 is 0 Å². The second kappa shape index (κ2) is 5.54. The molecular weight excluding hydrogens is 277 g/mol. The molecule has 0 aromatic heterocycles. The van der Waals surface area contributed by atoms with Gasteiger partial charge in [0.2, 0.25) is 0 Å². The Morgan fingerprint density at radius 2 is 1.16 bits per heavy atom. The van der Waals surface area contributed by atoms with Crippen molar-refractivity contribution in [3.8, 4) is 0 Å². The van der Waals surface area contributed by atoms with Crippen LogP contribution in [0.15, 0.2) is 48.5 Å². The molecule has 3 heteroatoms. The molecule has 1 aliphatic heterocycles. The van der Waals surface area contributed by atoms with Crippen LogP contribution in [-0.4, -0.2) is 18.0 Å². The Morgan fingerprint density at radius 1 is 0.737 bits per heavy atom. The van der Waals surface area contributed by atoms with E-state index < -0.39 is 0 Å². The fourth-order valence-corrected chi connectivity index (χ4v) is 2.65. The third-order valence-electron chi connectivity index (χ3n) is 3.46. The Labute approximate surface area is 123 Å². The van der Waals surface area contributed by atoms with E-state index in [1.807, 2.05) is 24.3 Å². The molecule has 0 atom stereocenters. The van der Waals surface area contributed by atoms with Crippen molar-refractivity contribution >= 4 is 23.2 Å². The van der Waals surface area contributed by atoms with Gasteiger partial charge in [-0.25, -0.2) is 0 Å². The van der Waals surface area contributed by atoms with Crippen molar-refractivity contribution in [3.05, 3.63) is 76.1 Å². The first kappa shape index (κ1) is 13.0. The van der Waals surface area contributed by atoms with Gasteiger partial charge in [0, 0.05) is 23.1 Å². The van der Waals surface area contributed by atoms with Crippen LogP contribution < -0.4 is 0 Å². The molecule has 1 heterocycles. The largest absolute Gasteiger partial charge is 0.292 e. The molecule has 1 radical (unpaired) electrons. The second-order valence-corrected chi connectivity index (χ2v) is 5.62. The zero-order valence-corrected chi connectivity index (χ0v) is 11.9. The Hall–Kier alpha value is -1.02. The SMILES string of the molecule is Clc1ccc(C(c2ccc(Cl)cc2)N2C[CH]C2)cc1. The quantitative estimate of drug-likeness (QED) is 0.798. The topological polar surface area (TPSA) is 3.24 Å². The molecule has 0 saturated carbocycles. The number of benzene rings is 2. The lowest BCUT2D eigenvalue weighted by molar-refractivity contribution is 0.196. The predicted molar refractivity (Wildman–Crippen MR) is 80.6 cm³/mol. The minimum absolute atomic E-state index is 0.277. The molecule has 2 aromatic rings. The van der Waals surface area contributed by atoms with Crippen LogP contribution in [0, 0.1) is 6.42 Å². The molecule has 97 valence electrons. The highest BCUT2D eigenvalue weighted by Crippen LogP contribution is 2.32. The van der Waals surface area contributed by atoms with Gasteiger partial charge in [0.05, 0.1) is 6.04 Å². The average Bonchev–Trinajstić information content (AvgIpc) is 2.36. The third kappa shape index (κ3) is 2.79. The van der Waals surface area contributed by atoms with E-state index in [1.54, 1.807) is 0 Å². The van der Waals surface area contributed by atoms with Gasteiger partial charge in [-0.3, -0.25) is 4.90 Å². The number of hydrogen-bond acceptors (Lipinski definition) is 1. The molecule has 3 rings (SSSR count). The van der Waals surface area contributed by atoms with Crippen LogP contribution >= 0.6 is 23.2 Å². The zero-order chi connectivity index (χ0) is 13.2. The maximum Gasteiger partial charge on any atom is 0.0602 e. The Morgan fingerprint density at radius 3 is 1.47 bits per heavy atom. The van der Waals surface area contributed by atoms with Crippen LogP contribution in [0.25, 0.3) is 0 Å². The first-order valence-corrected chi connectivity index (χ1v) is 7.06. The molecule has 0 bridgehead atoms. The maximum absolute atomic E-state index is 5.97. The second-order valence-electron chi connectivity index (χ2n) is 4.75. The lowest BCUT2D eigenvalue weighted by Gasteiger charge is -2.38. The molecule has 1 fully saturated rings. The summed E-state index contributed by atoms with van der Waals surface area (Å²) >= 11 is 11.9. The molecule has 19 heavy (non-hydrogen) atoms. The van der Waals surface area contributed by atoms with E-state index in [2.05, 4.69) is 35.6 Å². The Bertz CT molecular complexity index is 498. The van der Waals surface area contributed by atoms with Crippen LogP contribution in [0.2, 0.25) is 10.0 Å². The van der Waals surface area contributed by atoms with Gasteiger partial charge in [0.25, 0.3) is 0 Å². The van der Waals surface area contributed by atoms with Crippen LogP contribution in [0.1, 0.15) is 17.2 Å². The zero-order valence-electron chi connectivity index (χ0n) is 10.4. The van der Waals surface area contributed by atoms with Crippen molar-refractivity contribution < 1.29 is 0 Å². The van der Waals surface area contributed by atoms with E-state index in [0.717, 1.165) is 23.1 Å². The van der Waals surface area contributed by atoms with Gasteiger partial charge in [-0.2, -0.15) is 0 Å². The van der Waals surface area contributed by atoms with Crippen molar-refractivity contribution in [2.75, 3.05) is 13.1 Å².